The first-order valence-corrected chi connectivity index (χ1v) is 5.27. The largest absolute Gasteiger partial charge is 0.494 e. The molecule has 1 aromatic carbocycles. The van der Waals surface area contributed by atoms with Crippen LogP contribution in [0.2, 0.25) is 0 Å². The molecule has 0 bridgehead atoms. The third-order valence-electron chi connectivity index (χ3n) is 2.94. The summed E-state index contributed by atoms with van der Waals surface area (Å²) in [4.78, 5) is 11.2. The number of carboxylic acids is 1. The highest BCUT2D eigenvalue weighted by Crippen LogP contribution is 2.32. The van der Waals surface area contributed by atoms with Crippen molar-refractivity contribution in [2.75, 3.05) is 20.3 Å². The Morgan fingerprint density at radius 1 is 1.59 bits per heavy atom. The van der Waals surface area contributed by atoms with Gasteiger partial charge >= 0.3 is 5.97 Å². The van der Waals surface area contributed by atoms with Gasteiger partial charge in [0, 0.05) is 5.92 Å². The third-order valence-corrected chi connectivity index (χ3v) is 2.94. The predicted octanol–water partition coefficient (Wildman–Crippen LogP) is 1.65. The predicted molar refractivity (Wildman–Crippen MR) is 57.6 cm³/mol. The average molecular weight is 240 g/mol. The molecular formula is C12H13FO4. The summed E-state index contributed by atoms with van der Waals surface area (Å²) >= 11 is 0. The number of ether oxygens (including phenoxy) is 2. The Morgan fingerprint density at radius 2 is 2.29 bits per heavy atom. The van der Waals surface area contributed by atoms with Crippen LogP contribution in [0.3, 0.4) is 0 Å². The highest BCUT2D eigenvalue weighted by atomic mass is 19.1. The molecule has 1 aliphatic rings. The van der Waals surface area contributed by atoms with E-state index in [0.717, 1.165) is 0 Å². The normalized spacial score (nSPS) is 17.3. The van der Waals surface area contributed by atoms with Gasteiger partial charge in [-0.2, -0.15) is 0 Å². The van der Waals surface area contributed by atoms with E-state index in [1.165, 1.54) is 19.2 Å². The van der Waals surface area contributed by atoms with Gasteiger partial charge < -0.3 is 14.6 Å². The number of rotatable bonds is 4. The first kappa shape index (κ1) is 11.9. The molecule has 1 saturated heterocycles. The lowest BCUT2D eigenvalue weighted by molar-refractivity contribution is -0.146. The van der Waals surface area contributed by atoms with Crippen molar-refractivity contribution >= 4 is 5.97 Å². The van der Waals surface area contributed by atoms with Gasteiger partial charge in [-0.25, -0.2) is 4.39 Å². The van der Waals surface area contributed by atoms with Crippen LogP contribution >= 0.6 is 0 Å². The van der Waals surface area contributed by atoms with E-state index in [2.05, 4.69) is 0 Å². The number of hydrogen-bond acceptors (Lipinski definition) is 3. The zero-order valence-corrected chi connectivity index (χ0v) is 9.35. The number of benzene rings is 1. The van der Waals surface area contributed by atoms with Gasteiger partial charge in [-0.15, -0.1) is 0 Å². The number of carbonyl (C=O) groups is 1. The van der Waals surface area contributed by atoms with Gasteiger partial charge in [-0.3, -0.25) is 4.79 Å². The monoisotopic (exact) mass is 240 g/mol. The van der Waals surface area contributed by atoms with Crippen LogP contribution in [0.25, 0.3) is 0 Å². The third kappa shape index (κ3) is 2.24. The van der Waals surface area contributed by atoms with Crippen molar-refractivity contribution < 1.29 is 23.8 Å². The van der Waals surface area contributed by atoms with Crippen LogP contribution in [0.15, 0.2) is 18.2 Å². The zero-order chi connectivity index (χ0) is 12.4. The van der Waals surface area contributed by atoms with E-state index in [-0.39, 0.29) is 11.7 Å². The van der Waals surface area contributed by atoms with Gasteiger partial charge in [-0.05, 0) is 17.7 Å². The number of methoxy groups -OCH3 is 1. The van der Waals surface area contributed by atoms with Crippen molar-refractivity contribution in [2.24, 2.45) is 5.92 Å². The summed E-state index contributed by atoms with van der Waals surface area (Å²) in [6.07, 6.45) is 0. The minimum atomic E-state index is -0.956. The Kier molecular flexibility index (Phi) is 3.28. The Morgan fingerprint density at radius 3 is 2.71 bits per heavy atom. The molecule has 0 aliphatic carbocycles. The molecule has 5 heteroatoms. The molecule has 0 aromatic heterocycles. The lowest BCUT2D eigenvalue weighted by Gasteiger charge is -2.31. The zero-order valence-electron chi connectivity index (χ0n) is 9.35. The van der Waals surface area contributed by atoms with Crippen LogP contribution in [-0.4, -0.2) is 31.4 Å². The molecule has 4 nitrogen and oxygen atoms in total. The lowest BCUT2D eigenvalue weighted by atomic mass is 9.85. The number of carboxylic acid groups (broad SMARTS) is 1. The van der Waals surface area contributed by atoms with Crippen molar-refractivity contribution in [1.29, 1.82) is 0 Å². The van der Waals surface area contributed by atoms with Crippen molar-refractivity contribution in [3.63, 3.8) is 0 Å². The molecular weight excluding hydrogens is 227 g/mol. The first-order chi connectivity index (χ1) is 8.13. The fraction of sp³-hybridized carbons (Fsp3) is 0.417. The van der Waals surface area contributed by atoms with Gasteiger partial charge in [0.2, 0.25) is 0 Å². The molecule has 17 heavy (non-hydrogen) atoms. The maximum Gasteiger partial charge on any atom is 0.311 e. The highest BCUT2D eigenvalue weighted by molar-refractivity contribution is 5.76. The maximum atomic E-state index is 13.5. The van der Waals surface area contributed by atoms with Crippen molar-refractivity contribution in [2.45, 2.75) is 5.92 Å². The molecule has 92 valence electrons. The van der Waals surface area contributed by atoms with E-state index in [1.54, 1.807) is 6.07 Å². The van der Waals surface area contributed by atoms with E-state index in [9.17, 15) is 14.3 Å². The fourth-order valence-corrected chi connectivity index (χ4v) is 1.94. The minimum Gasteiger partial charge on any atom is -0.494 e. The summed E-state index contributed by atoms with van der Waals surface area (Å²) in [7, 11) is 1.37. The van der Waals surface area contributed by atoms with Crippen LogP contribution in [0.1, 0.15) is 11.5 Å². The summed E-state index contributed by atoms with van der Waals surface area (Å²) < 4.78 is 23.3. The summed E-state index contributed by atoms with van der Waals surface area (Å²) in [6.45, 7) is 0.815. The molecule has 0 radical (unpaired) electrons. The summed E-state index contributed by atoms with van der Waals surface area (Å²) in [5.74, 6) is -2.19. The Labute approximate surface area is 98.0 Å². The van der Waals surface area contributed by atoms with E-state index in [1.807, 2.05) is 0 Å². The molecule has 1 unspecified atom stereocenters. The Balaban J connectivity index is 2.29. The standard InChI is InChI=1S/C12H13FO4/c1-16-10-3-2-7(4-9(10)13)11(12(14)15)8-5-17-6-8/h2-4,8,11H,5-6H2,1H3,(H,14,15). The van der Waals surface area contributed by atoms with Crippen molar-refractivity contribution in [1.82, 2.24) is 0 Å². The molecule has 0 saturated carbocycles. The van der Waals surface area contributed by atoms with Crippen LogP contribution in [-0.2, 0) is 9.53 Å². The van der Waals surface area contributed by atoms with E-state index >= 15 is 0 Å². The smallest absolute Gasteiger partial charge is 0.311 e. The number of aliphatic carboxylic acids is 1. The Hall–Kier alpha value is -1.62. The second-order valence-electron chi connectivity index (χ2n) is 4.01. The van der Waals surface area contributed by atoms with Gasteiger partial charge in [0.25, 0.3) is 0 Å². The fourth-order valence-electron chi connectivity index (χ4n) is 1.94. The highest BCUT2D eigenvalue weighted by Gasteiger charge is 2.35. The minimum absolute atomic E-state index is 0.0831. The summed E-state index contributed by atoms with van der Waals surface area (Å²) in [5.41, 5.74) is 0.448. The molecule has 0 amide bonds. The SMILES string of the molecule is COc1ccc(C(C(=O)O)C2COC2)cc1F. The molecule has 1 heterocycles. The maximum absolute atomic E-state index is 13.5. The Bertz CT molecular complexity index is 429. The topological polar surface area (TPSA) is 55.8 Å². The molecule has 0 spiro atoms. The summed E-state index contributed by atoms with van der Waals surface area (Å²) in [5, 5.41) is 9.17. The second kappa shape index (κ2) is 4.71. The van der Waals surface area contributed by atoms with Gasteiger partial charge in [0.15, 0.2) is 11.6 Å². The quantitative estimate of drug-likeness (QED) is 0.869. The molecule has 1 N–H and O–H groups in total. The summed E-state index contributed by atoms with van der Waals surface area (Å²) in [6, 6.07) is 4.25. The van der Waals surface area contributed by atoms with Crippen LogP contribution < -0.4 is 4.74 Å². The molecule has 2 rings (SSSR count). The van der Waals surface area contributed by atoms with Crippen LogP contribution in [0.4, 0.5) is 4.39 Å². The first-order valence-electron chi connectivity index (χ1n) is 5.27. The molecule has 1 fully saturated rings. The van der Waals surface area contributed by atoms with Gasteiger partial charge in [0.1, 0.15) is 0 Å². The average Bonchev–Trinajstić information content (AvgIpc) is 2.22. The van der Waals surface area contributed by atoms with Crippen LogP contribution in [0, 0.1) is 11.7 Å². The lowest BCUT2D eigenvalue weighted by Crippen LogP contribution is -2.36. The van der Waals surface area contributed by atoms with E-state index in [4.69, 9.17) is 9.47 Å². The van der Waals surface area contributed by atoms with Gasteiger partial charge in [0.05, 0.1) is 26.2 Å². The van der Waals surface area contributed by atoms with Crippen LogP contribution in [0.5, 0.6) is 5.75 Å². The number of halogens is 1. The number of hydrogen-bond donors (Lipinski definition) is 1. The van der Waals surface area contributed by atoms with Crippen molar-refractivity contribution in [3.05, 3.63) is 29.6 Å². The van der Waals surface area contributed by atoms with Gasteiger partial charge in [-0.1, -0.05) is 6.07 Å². The molecule has 1 aromatic rings. The molecule has 1 aliphatic heterocycles. The van der Waals surface area contributed by atoms with E-state index in [0.29, 0.717) is 18.8 Å². The van der Waals surface area contributed by atoms with Crippen molar-refractivity contribution in [3.8, 4) is 5.75 Å². The second-order valence-corrected chi connectivity index (χ2v) is 4.01. The van der Waals surface area contributed by atoms with E-state index < -0.39 is 17.7 Å². The molecule has 1 atom stereocenters.